The van der Waals surface area contributed by atoms with E-state index in [1.165, 1.54) is 24.3 Å². The Labute approximate surface area is 167 Å². The third kappa shape index (κ3) is 4.85. The number of aromatic nitrogens is 2. The third-order valence-electron chi connectivity index (χ3n) is 4.50. The van der Waals surface area contributed by atoms with E-state index in [1.807, 2.05) is 30.3 Å². The monoisotopic (exact) mass is 393 g/mol. The van der Waals surface area contributed by atoms with E-state index in [9.17, 15) is 9.18 Å². The van der Waals surface area contributed by atoms with Gasteiger partial charge in [-0.1, -0.05) is 12.1 Å². The fourth-order valence-corrected chi connectivity index (χ4v) is 3.02. The van der Waals surface area contributed by atoms with Gasteiger partial charge in [0.2, 0.25) is 0 Å². The summed E-state index contributed by atoms with van der Waals surface area (Å²) in [5.74, 6) is 0.467. The topological polar surface area (TPSA) is 79.4 Å². The second-order valence-corrected chi connectivity index (χ2v) is 6.54. The van der Waals surface area contributed by atoms with Crippen LogP contribution in [0, 0.1) is 5.82 Å². The summed E-state index contributed by atoms with van der Waals surface area (Å²) in [7, 11) is 0. The van der Waals surface area contributed by atoms with Crippen molar-refractivity contribution in [2.75, 3.05) is 41.8 Å². The minimum Gasteiger partial charge on any atom is -0.378 e. The first-order valence-corrected chi connectivity index (χ1v) is 9.28. The van der Waals surface area contributed by atoms with E-state index in [1.54, 1.807) is 6.07 Å². The molecule has 0 saturated carbocycles. The smallest absolute Gasteiger partial charge is 0.323 e. The number of carbonyl (C=O) groups excluding carboxylic acids is 1. The third-order valence-corrected chi connectivity index (χ3v) is 4.50. The van der Waals surface area contributed by atoms with Crippen LogP contribution in [0.15, 0.2) is 60.7 Å². The minimum absolute atomic E-state index is 0.357. The van der Waals surface area contributed by atoms with Gasteiger partial charge in [0.1, 0.15) is 5.82 Å². The van der Waals surface area contributed by atoms with Gasteiger partial charge in [0.25, 0.3) is 0 Å². The first-order chi connectivity index (χ1) is 14.2. The molecule has 0 radical (unpaired) electrons. The van der Waals surface area contributed by atoms with E-state index in [-0.39, 0.29) is 5.82 Å². The van der Waals surface area contributed by atoms with Crippen LogP contribution in [-0.4, -0.2) is 42.5 Å². The molecule has 1 fully saturated rings. The molecule has 2 amide bonds. The van der Waals surface area contributed by atoms with Crippen molar-refractivity contribution in [2.45, 2.75) is 0 Å². The highest BCUT2D eigenvalue weighted by atomic mass is 19.1. The summed E-state index contributed by atoms with van der Waals surface area (Å²) in [6, 6.07) is 16.3. The Morgan fingerprint density at radius 3 is 2.41 bits per heavy atom. The number of urea groups is 1. The summed E-state index contributed by atoms with van der Waals surface area (Å²) < 4.78 is 18.3. The molecular formula is C21H20FN5O2. The van der Waals surface area contributed by atoms with Gasteiger partial charge in [-0.2, -0.15) is 0 Å². The Bertz CT molecular complexity index is 973. The van der Waals surface area contributed by atoms with Crippen molar-refractivity contribution in [1.82, 2.24) is 10.2 Å². The Morgan fingerprint density at radius 2 is 1.69 bits per heavy atom. The number of carbonyl (C=O) groups is 1. The normalized spacial score (nSPS) is 13.8. The molecule has 1 aliphatic heterocycles. The van der Waals surface area contributed by atoms with Crippen molar-refractivity contribution in [3.63, 3.8) is 0 Å². The van der Waals surface area contributed by atoms with Crippen LogP contribution in [0.5, 0.6) is 0 Å². The van der Waals surface area contributed by atoms with Gasteiger partial charge in [-0.05, 0) is 48.5 Å². The number of nitrogens with one attached hydrogen (secondary N) is 2. The molecule has 0 unspecified atom stereocenters. The predicted octanol–water partition coefficient (Wildman–Crippen LogP) is 3.76. The van der Waals surface area contributed by atoms with Gasteiger partial charge >= 0.3 is 6.03 Å². The van der Waals surface area contributed by atoms with E-state index in [0.717, 1.165) is 24.5 Å². The van der Waals surface area contributed by atoms with Crippen LogP contribution in [-0.2, 0) is 4.74 Å². The van der Waals surface area contributed by atoms with Crippen molar-refractivity contribution < 1.29 is 13.9 Å². The van der Waals surface area contributed by atoms with Gasteiger partial charge in [-0.25, -0.2) is 9.18 Å². The Hall–Kier alpha value is -3.52. The van der Waals surface area contributed by atoms with Gasteiger partial charge in [0.15, 0.2) is 5.82 Å². The second-order valence-electron chi connectivity index (χ2n) is 6.54. The molecule has 2 aromatic carbocycles. The lowest BCUT2D eigenvalue weighted by Crippen LogP contribution is -2.36. The molecule has 3 aromatic rings. The molecule has 8 heteroatoms. The number of benzene rings is 2. The largest absolute Gasteiger partial charge is 0.378 e. The molecule has 2 N–H and O–H groups in total. The van der Waals surface area contributed by atoms with Gasteiger partial charge in [0, 0.05) is 30.0 Å². The number of morpholine rings is 1. The number of nitrogens with zero attached hydrogens (tertiary/aromatic N) is 3. The van der Waals surface area contributed by atoms with E-state index in [0.29, 0.717) is 30.3 Å². The number of halogens is 1. The molecule has 7 nitrogen and oxygen atoms in total. The summed E-state index contributed by atoms with van der Waals surface area (Å²) in [6.45, 7) is 2.99. The number of ether oxygens (including phenoxy) is 1. The fourth-order valence-electron chi connectivity index (χ4n) is 3.02. The summed E-state index contributed by atoms with van der Waals surface area (Å²) >= 11 is 0. The molecule has 4 rings (SSSR count). The molecule has 0 atom stereocenters. The lowest BCUT2D eigenvalue weighted by Gasteiger charge is -2.27. The molecular weight excluding hydrogens is 373 g/mol. The maximum Gasteiger partial charge on any atom is 0.323 e. The van der Waals surface area contributed by atoms with Crippen LogP contribution in [0.3, 0.4) is 0 Å². The molecule has 0 bridgehead atoms. The summed E-state index contributed by atoms with van der Waals surface area (Å²) in [4.78, 5) is 14.3. The summed E-state index contributed by atoms with van der Waals surface area (Å²) in [6.07, 6.45) is 0. The molecule has 29 heavy (non-hydrogen) atoms. The van der Waals surface area contributed by atoms with E-state index in [4.69, 9.17) is 4.74 Å². The first kappa shape index (κ1) is 18.8. The highest BCUT2D eigenvalue weighted by molar-refractivity contribution is 6.00. The average molecular weight is 393 g/mol. The zero-order valence-corrected chi connectivity index (χ0v) is 15.6. The highest BCUT2D eigenvalue weighted by Gasteiger charge is 2.13. The number of amides is 2. The Kier molecular flexibility index (Phi) is 5.62. The average Bonchev–Trinajstić information content (AvgIpc) is 2.76. The SMILES string of the molecule is O=C(Nc1ccc(F)cc1)Nc1cccc(-c2ccc(N3CCOCC3)nn2)c1. The van der Waals surface area contributed by atoms with Crippen molar-refractivity contribution >= 4 is 23.2 Å². The first-order valence-electron chi connectivity index (χ1n) is 9.28. The van der Waals surface area contributed by atoms with E-state index < -0.39 is 6.03 Å². The zero-order chi connectivity index (χ0) is 20.1. The Balaban J connectivity index is 1.42. The summed E-state index contributed by atoms with van der Waals surface area (Å²) in [5.41, 5.74) is 2.67. The number of hydrogen-bond acceptors (Lipinski definition) is 5. The fraction of sp³-hybridized carbons (Fsp3) is 0.190. The molecule has 2 heterocycles. The number of rotatable bonds is 4. The molecule has 1 saturated heterocycles. The summed E-state index contributed by atoms with van der Waals surface area (Å²) in [5, 5.41) is 14.1. The molecule has 1 aromatic heterocycles. The molecule has 148 valence electrons. The van der Waals surface area contributed by atoms with Crippen LogP contribution in [0.2, 0.25) is 0 Å². The van der Waals surface area contributed by atoms with Crippen molar-refractivity contribution in [3.8, 4) is 11.3 Å². The maximum atomic E-state index is 13.0. The molecule has 0 spiro atoms. The van der Waals surface area contributed by atoms with Gasteiger partial charge in [-0.3, -0.25) is 0 Å². The van der Waals surface area contributed by atoms with Crippen molar-refractivity contribution in [3.05, 3.63) is 66.5 Å². The quantitative estimate of drug-likeness (QED) is 0.706. The molecule has 0 aliphatic carbocycles. The lowest BCUT2D eigenvalue weighted by atomic mass is 10.1. The standard InChI is InChI=1S/C21H20FN5O2/c22-16-4-6-17(7-5-16)23-21(28)24-18-3-1-2-15(14-18)19-8-9-20(26-25-19)27-10-12-29-13-11-27/h1-9,14H,10-13H2,(H2,23,24,28). The van der Waals surface area contributed by atoms with Crippen molar-refractivity contribution in [1.29, 1.82) is 0 Å². The van der Waals surface area contributed by atoms with Gasteiger partial charge in [-0.15, -0.1) is 10.2 Å². The van der Waals surface area contributed by atoms with Crippen LogP contribution < -0.4 is 15.5 Å². The second kappa shape index (κ2) is 8.66. The van der Waals surface area contributed by atoms with Crippen LogP contribution in [0.25, 0.3) is 11.3 Å². The number of anilines is 3. The van der Waals surface area contributed by atoms with E-state index in [2.05, 4.69) is 25.7 Å². The molecule has 1 aliphatic rings. The van der Waals surface area contributed by atoms with Crippen LogP contribution >= 0.6 is 0 Å². The van der Waals surface area contributed by atoms with Crippen LogP contribution in [0.1, 0.15) is 0 Å². The van der Waals surface area contributed by atoms with Gasteiger partial charge in [0.05, 0.1) is 18.9 Å². The van der Waals surface area contributed by atoms with Gasteiger partial charge < -0.3 is 20.3 Å². The van der Waals surface area contributed by atoms with E-state index >= 15 is 0 Å². The maximum absolute atomic E-state index is 13.0. The lowest BCUT2D eigenvalue weighted by molar-refractivity contribution is 0.122. The minimum atomic E-state index is -0.414. The van der Waals surface area contributed by atoms with Crippen molar-refractivity contribution in [2.24, 2.45) is 0 Å². The number of hydrogen-bond donors (Lipinski definition) is 2. The Morgan fingerprint density at radius 1 is 0.931 bits per heavy atom. The van der Waals surface area contributed by atoms with Crippen LogP contribution in [0.4, 0.5) is 26.4 Å². The predicted molar refractivity (Wildman–Crippen MR) is 110 cm³/mol. The zero-order valence-electron chi connectivity index (χ0n) is 15.6. The highest BCUT2D eigenvalue weighted by Crippen LogP contribution is 2.22.